The fourth-order valence-electron chi connectivity index (χ4n) is 3.50. The highest BCUT2D eigenvalue weighted by molar-refractivity contribution is 5.98. The van der Waals surface area contributed by atoms with Crippen LogP contribution in [0.4, 0.5) is 0 Å². The molecule has 4 rings (SSSR count). The standard InChI is InChI=1S/C21H21N3O2/c25-20(10-12-24-14-16-5-1-2-7-18(16)21(24)26)22-11-9-15-13-23-19-8-4-3-6-17(15)19/h1-8,13,23H,9-12,14H2,(H,22,25). The van der Waals surface area contributed by atoms with Crippen molar-refractivity contribution in [3.63, 3.8) is 0 Å². The van der Waals surface area contributed by atoms with E-state index in [0.29, 0.717) is 26.1 Å². The molecule has 0 saturated heterocycles. The third kappa shape index (κ3) is 3.20. The summed E-state index contributed by atoms with van der Waals surface area (Å²) in [5.41, 5.74) is 4.11. The van der Waals surface area contributed by atoms with Crippen molar-refractivity contribution >= 4 is 22.7 Å². The number of benzene rings is 2. The van der Waals surface area contributed by atoms with E-state index in [1.807, 2.05) is 48.7 Å². The molecule has 1 aromatic heterocycles. The zero-order chi connectivity index (χ0) is 17.9. The maximum Gasteiger partial charge on any atom is 0.254 e. The summed E-state index contributed by atoms with van der Waals surface area (Å²) >= 11 is 0. The zero-order valence-corrected chi connectivity index (χ0v) is 14.5. The van der Waals surface area contributed by atoms with Crippen LogP contribution in [0.15, 0.2) is 54.7 Å². The van der Waals surface area contributed by atoms with Crippen molar-refractivity contribution in [3.8, 4) is 0 Å². The van der Waals surface area contributed by atoms with Gasteiger partial charge in [-0.3, -0.25) is 9.59 Å². The molecule has 0 saturated carbocycles. The zero-order valence-electron chi connectivity index (χ0n) is 14.5. The van der Waals surface area contributed by atoms with E-state index in [0.717, 1.165) is 23.1 Å². The van der Waals surface area contributed by atoms with Crippen molar-refractivity contribution in [2.75, 3.05) is 13.1 Å². The quantitative estimate of drug-likeness (QED) is 0.720. The molecule has 0 aliphatic carbocycles. The number of rotatable bonds is 6. The van der Waals surface area contributed by atoms with Crippen LogP contribution in [0.5, 0.6) is 0 Å². The number of hydrogen-bond acceptors (Lipinski definition) is 2. The Morgan fingerprint density at radius 3 is 2.81 bits per heavy atom. The number of aromatic amines is 1. The van der Waals surface area contributed by atoms with Crippen molar-refractivity contribution in [2.45, 2.75) is 19.4 Å². The number of amides is 2. The van der Waals surface area contributed by atoms with Crippen LogP contribution >= 0.6 is 0 Å². The van der Waals surface area contributed by atoms with Gasteiger partial charge in [-0.05, 0) is 29.7 Å². The van der Waals surface area contributed by atoms with Gasteiger partial charge in [-0.2, -0.15) is 0 Å². The van der Waals surface area contributed by atoms with Crippen LogP contribution in [-0.2, 0) is 17.8 Å². The SMILES string of the molecule is O=C(CCN1Cc2ccccc2C1=O)NCCc1c[nH]c2ccccc12. The van der Waals surface area contributed by atoms with Crippen LogP contribution in [0.2, 0.25) is 0 Å². The molecule has 0 spiro atoms. The molecule has 2 amide bonds. The Morgan fingerprint density at radius 1 is 1.12 bits per heavy atom. The van der Waals surface area contributed by atoms with E-state index in [2.05, 4.69) is 16.4 Å². The van der Waals surface area contributed by atoms with Gasteiger partial charge in [0.2, 0.25) is 5.91 Å². The monoisotopic (exact) mass is 347 g/mol. The lowest BCUT2D eigenvalue weighted by atomic mass is 10.1. The summed E-state index contributed by atoms with van der Waals surface area (Å²) in [4.78, 5) is 29.4. The van der Waals surface area contributed by atoms with Crippen LogP contribution in [0, 0.1) is 0 Å². The van der Waals surface area contributed by atoms with Gasteiger partial charge in [-0.15, -0.1) is 0 Å². The molecule has 0 fully saturated rings. The van der Waals surface area contributed by atoms with Gasteiger partial charge in [-0.1, -0.05) is 36.4 Å². The highest BCUT2D eigenvalue weighted by Crippen LogP contribution is 2.22. The molecule has 0 unspecified atom stereocenters. The van der Waals surface area contributed by atoms with E-state index in [1.54, 1.807) is 4.90 Å². The Morgan fingerprint density at radius 2 is 1.92 bits per heavy atom. The Labute approximate surface area is 152 Å². The maximum atomic E-state index is 12.3. The molecule has 2 N–H and O–H groups in total. The summed E-state index contributed by atoms with van der Waals surface area (Å²) in [6, 6.07) is 15.8. The van der Waals surface area contributed by atoms with Crippen LogP contribution < -0.4 is 5.32 Å². The fourth-order valence-corrected chi connectivity index (χ4v) is 3.50. The summed E-state index contributed by atoms with van der Waals surface area (Å²) in [7, 11) is 0. The summed E-state index contributed by atoms with van der Waals surface area (Å²) in [5, 5.41) is 4.15. The number of carbonyl (C=O) groups excluding carboxylic acids is 2. The molecule has 2 aromatic carbocycles. The summed E-state index contributed by atoms with van der Waals surface area (Å²) < 4.78 is 0. The number of fused-ring (bicyclic) bond motifs is 2. The van der Waals surface area contributed by atoms with Crippen molar-refractivity contribution in [2.24, 2.45) is 0 Å². The predicted octanol–water partition coefficient (Wildman–Crippen LogP) is 2.87. The number of carbonyl (C=O) groups is 2. The molecule has 3 aromatic rings. The van der Waals surface area contributed by atoms with Crippen molar-refractivity contribution < 1.29 is 9.59 Å². The lowest BCUT2D eigenvalue weighted by Crippen LogP contribution is -2.32. The molecule has 2 heterocycles. The van der Waals surface area contributed by atoms with E-state index in [-0.39, 0.29) is 11.8 Å². The summed E-state index contributed by atoms with van der Waals surface area (Å²) in [5.74, 6) is 0.000731. The summed E-state index contributed by atoms with van der Waals surface area (Å²) in [6.07, 6.45) is 3.11. The third-order valence-electron chi connectivity index (χ3n) is 4.90. The fraction of sp³-hybridized carbons (Fsp3) is 0.238. The van der Waals surface area contributed by atoms with Crippen LogP contribution in [-0.4, -0.2) is 34.8 Å². The molecule has 0 atom stereocenters. The molecule has 0 bridgehead atoms. The van der Waals surface area contributed by atoms with Crippen molar-refractivity contribution in [1.82, 2.24) is 15.2 Å². The largest absolute Gasteiger partial charge is 0.361 e. The molecule has 5 nitrogen and oxygen atoms in total. The average Bonchev–Trinajstić information content (AvgIpc) is 3.22. The number of hydrogen-bond donors (Lipinski definition) is 2. The number of nitrogens with zero attached hydrogens (tertiary/aromatic N) is 1. The molecule has 132 valence electrons. The van der Waals surface area contributed by atoms with Crippen molar-refractivity contribution in [1.29, 1.82) is 0 Å². The minimum absolute atomic E-state index is 0.0198. The highest BCUT2D eigenvalue weighted by Gasteiger charge is 2.26. The first-order valence-corrected chi connectivity index (χ1v) is 8.91. The van der Waals surface area contributed by atoms with Gasteiger partial charge in [0.05, 0.1) is 0 Å². The highest BCUT2D eigenvalue weighted by atomic mass is 16.2. The molecular weight excluding hydrogens is 326 g/mol. The van der Waals surface area contributed by atoms with E-state index >= 15 is 0 Å². The van der Waals surface area contributed by atoms with Crippen LogP contribution in [0.25, 0.3) is 10.9 Å². The molecular formula is C21H21N3O2. The summed E-state index contributed by atoms with van der Waals surface area (Å²) in [6.45, 7) is 1.64. The minimum atomic E-state index is -0.0198. The van der Waals surface area contributed by atoms with Gasteiger partial charge in [0.15, 0.2) is 0 Å². The second-order valence-electron chi connectivity index (χ2n) is 6.59. The Hall–Kier alpha value is -3.08. The Bertz CT molecular complexity index is 961. The maximum absolute atomic E-state index is 12.3. The van der Waals surface area contributed by atoms with Gasteiger partial charge in [0, 0.05) is 48.7 Å². The van der Waals surface area contributed by atoms with E-state index in [1.165, 1.54) is 10.9 Å². The van der Waals surface area contributed by atoms with Gasteiger partial charge in [0.1, 0.15) is 0 Å². The lowest BCUT2D eigenvalue weighted by Gasteiger charge is -2.15. The number of H-pyrrole nitrogens is 1. The minimum Gasteiger partial charge on any atom is -0.361 e. The van der Waals surface area contributed by atoms with Gasteiger partial charge in [0.25, 0.3) is 5.91 Å². The molecule has 1 aliphatic heterocycles. The number of para-hydroxylation sites is 1. The molecule has 26 heavy (non-hydrogen) atoms. The van der Waals surface area contributed by atoms with E-state index in [9.17, 15) is 9.59 Å². The van der Waals surface area contributed by atoms with Crippen LogP contribution in [0.1, 0.15) is 27.9 Å². The molecule has 5 heteroatoms. The van der Waals surface area contributed by atoms with Crippen LogP contribution in [0.3, 0.4) is 0 Å². The van der Waals surface area contributed by atoms with E-state index in [4.69, 9.17) is 0 Å². The average molecular weight is 347 g/mol. The second kappa shape index (κ2) is 7.04. The number of nitrogens with one attached hydrogen (secondary N) is 2. The smallest absolute Gasteiger partial charge is 0.254 e. The first kappa shape index (κ1) is 16.4. The van der Waals surface area contributed by atoms with Gasteiger partial charge < -0.3 is 15.2 Å². The molecule has 1 aliphatic rings. The first-order valence-electron chi connectivity index (χ1n) is 8.91. The third-order valence-corrected chi connectivity index (χ3v) is 4.90. The number of aromatic nitrogens is 1. The predicted molar refractivity (Wildman–Crippen MR) is 101 cm³/mol. The first-order chi connectivity index (χ1) is 12.7. The normalized spacial score (nSPS) is 13.2. The Balaban J connectivity index is 1.24. The lowest BCUT2D eigenvalue weighted by molar-refractivity contribution is -0.121. The molecule has 0 radical (unpaired) electrons. The van der Waals surface area contributed by atoms with E-state index < -0.39 is 0 Å². The topological polar surface area (TPSA) is 65.2 Å². The second-order valence-corrected chi connectivity index (χ2v) is 6.59. The Kier molecular flexibility index (Phi) is 4.44. The van der Waals surface area contributed by atoms with Gasteiger partial charge in [-0.25, -0.2) is 0 Å². The van der Waals surface area contributed by atoms with Crippen molar-refractivity contribution in [3.05, 3.63) is 71.4 Å². The van der Waals surface area contributed by atoms with Gasteiger partial charge >= 0.3 is 0 Å².